The number of imidazole rings is 1. The maximum absolute atomic E-state index is 4.39. The van der Waals surface area contributed by atoms with Crippen molar-refractivity contribution in [3.63, 3.8) is 0 Å². The summed E-state index contributed by atoms with van der Waals surface area (Å²) in [7, 11) is 2.05. The Morgan fingerprint density at radius 1 is 1.15 bits per heavy atom. The van der Waals surface area contributed by atoms with Gasteiger partial charge in [-0.1, -0.05) is 13.0 Å². The van der Waals surface area contributed by atoms with E-state index in [1.165, 1.54) is 5.69 Å². The van der Waals surface area contributed by atoms with Crippen LogP contribution in [0.5, 0.6) is 0 Å². The first-order chi connectivity index (χ1) is 9.79. The van der Waals surface area contributed by atoms with Gasteiger partial charge < -0.3 is 9.88 Å². The van der Waals surface area contributed by atoms with Gasteiger partial charge in [0, 0.05) is 43.8 Å². The number of nitrogens with zero attached hydrogens (tertiary/aromatic N) is 3. The SMILES string of the molecule is CCNC(CCc1ccccn1)CCc1nccn1C. The van der Waals surface area contributed by atoms with Gasteiger partial charge in [-0.2, -0.15) is 0 Å². The quantitative estimate of drug-likeness (QED) is 0.802. The molecule has 4 heteroatoms. The highest BCUT2D eigenvalue weighted by Crippen LogP contribution is 2.09. The van der Waals surface area contributed by atoms with Crippen LogP contribution in [0.25, 0.3) is 0 Å². The van der Waals surface area contributed by atoms with Crippen molar-refractivity contribution < 1.29 is 0 Å². The van der Waals surface area contributed by atoms with Gasteiger partial charge in [0.05, 0.1) is 0 Å². The molecule has 4 nitrogen and oxygen atoms in total. The molecule has 0 aliphatic carbocycles. The summed E-state index contributed by atoms with van der Waals surface area (Å²) in [5, 5.41) is 3.57. The largest absolute Gasteiger partial charge is 0.338 e. The second kappa shape index (κ2) is 7.80. The number of aromatic nitrogens is 3. The van der Waals surface area contributed by atoms with Crippen LogP contribution in [0, 0.1) is 0 Å². The normalized spacial score (nSPS) is 12.5. The molecule has 0 aliphatic heterocycles. The van der Waals surface area contributed by atoms with E-state index in [1.54, 1.807) is 0 Å². The zero-order valence-electron chi connectivity index (χ0n) is 12.4. The van der Waals surface area contributed by atoms with Crippen LogP contribution in [0.4, 0.5) is 0 Å². The minimum absolute atomic E-state index is 0.527. The molecule has 1 atom stereocenters. The number of hydrogen-bond acceptors (Lipinski definition) is 3. The summed E-state index contributed by atoms with van der Waals surface area (Å²) < 4.78 is 2.10. The first-order valence-corrected chi connectivity index (χ1v) is 7.39. The zero-order valence-corrected chi connectivity index (χ0v) is 12.4. The Balaban J connectivity index is 1.82. The number of pyridine rings is 1. The molecule has 2 rings (SSSR count). The second-order valence-corrected chi connectivity index (χ2v) is 5.11. The van der Waals surface area contributed by atoms with Gasteiger partial charge in [0.25, 0.3) is 0 Å². The molecular weight excluding hydrogens is 248 g/mol. The van der Waals surface area contributed by atoms with Gasteiger partial charge in [-0.25, -0.2) is 4.98 Å². The van der Waals surface area contributed by atoms with E-state index in [9.17, 15) is 0 Å². The van der Waals surface area contributed by atoms with E-state index < -0.39 is 0 Å². The van der Waals surface area contributed by atoms with Gasteiger partial charge in [0.1, 0.15) is 5.82 Å². The summed E-state index contributed by atoms with van der Waals surface area (Å²) in [6.07, 6.45) is 10.0. The molecule has 0 amide bonds. The third-order valence-electron chi connectivity index (χ3n) is 3.61. The smallest absolute Gasteiger partial charge is 0.108 e. The lowest BCUT2D eigenvalue weighted by atomic mass is 10.0. The van der Waals surface area contributed by atoms with E-state index in [-0.39, 0.29) is 0 Å². The van der Waals surface area contributed by atoms with Crippen LogP contribution < -0.4 is 5.32 Å². The Morgan fingerprint density at radius 2 is 2.00 bits per heavy atom. The third-order valence-corrected chi connectivity index (χ3v) is 3.61. The Kier molecular flexibility index (Phi) is 5.74. The van der Waals surface area contributed by atoms with E-state index in [0.717, 1.165) is 38.1 Å². The third kappa shape index (κ3) is 4.46. The van der Waals surface area contributed by atoms with Gasteiger partial charge in [-0.15, -0.1) is 0 Å². The standard InChI is InChI=1S/C16H24N4/c1-3-17-15(8-7-14-6-4-5-11-18-14)9-10-16-19-12-13-20(16)2/h4-6,11-13,15,17H,3,7-10H2,1-2H3. The molecule has 2 aromatic rings. The van der Waals surface area contributed by atoms with Crippen LogP contribution in [-0.4, -0.2) is 27.1 Å². The highest BCUT2D eigenvalue weighted by Gasteiger charge is 2.10. The fourth-order valence-electron chi connectivity index (χ4n) is 2.45. The predicted molar refractivity (Wildman–Crippen MR) is 81.6 cm³/mol. The second-order valence-electron chi connectivity index (χ2n) is 5.11. The van der Waals surface area contributed by atoms with Gasteiger partial charge in [-0.3, -0.25) is 4.98 Å². The lowest BCUT2D eigenvalue weighted by Gasteiger charge is -2.17. The minimum Gasteiger partial charge on any atom is -0.338 e. The maximum Gasteiger partial charge on any atom is 0.108 e. The lowest BCUT2D eigenvalue weighted by Crippen LogP contribution is -2.30. The van der Waals surface area contributed by atoms with E-state index in [1.807, 2.05) is 24.7 Å². The molecular formula is C16H24N4. The Labute approximate surface area is 121 Å². The number of aryl methyl sites for hydroxylation is 3. The first kappa shape index (κ1) is 14.7. The number of nitrogens with one attached hydrogen (secondary N) is 1. The summed E-state index contributed by atoms with van der Waals surface area (Å²) in [4.78, 5) is 8.78. The van der Waals surface area contributed by atoms with Crippen LogP contribution >= 0.6 is 0 Å². The molecule has 2 aromatic heterocycles. The van der Waals surface area contributed by atoms with Crippen LogP contribution in [0.1, 0.15) is 31.3 Å². The monoisotopic (exact) mass is 272 g/mol. The van der Waals surface area contributed by atoms with Crippen molar-refractivity contribution in [1.82, 2.24) is 19.9 Å². The Hall–Kier alpha value is -1.68. The Bertz CT molecular complexity index is 492. The molecule has 1 unspecified atom stereocenters. The molecule has 0 spiro atoms. The summed E-state index contributed by atoms with van der Waals surface area (Å²) in [5.41, 5.74) is 1.17. The van der Waals surface area contributed by atoms with Gasteiger partial charge in [-0.05, 0) is 37.9 Å². The molecule has 0 radical (unpaired) electrons. The van der Waals surface area contributed by atoms with Crippen LogP contribution in [0.15, 0.2) is 36.8 Å². The zero-order chi connectivity index (χ0) is 14.2. The van der Waals surface area contributed by atoms with E-state index in [4.69, 9.17) is 0 Å². The molecule has 0 aromatic carbocycles. The van der Waals surface area contributed by atoms with Crippen LogP contribution in [0.3, 0.4) is 0 Å². The summed E-state index contributed by atoms with van der Waals surface area (Å²) in [6.45, 7) is 3.17. The molecule has 108 valence electrons. The Morgan fingerprint density at radius 3 is 2.65 bits per heavy atom. The minimum atomic E-state index is 0.527. The first-order valence-electron chi connectivity index (χ1n) is 7.39. The van der Waals surface area contributed by atoms with Crippen molar-refractivity contribution in [3.8, 4) is 0 Å². The molecule has 0 fully saturated rings. The molecule has 0 saturated carbocycles. The van der Waals surface area contributed by atoms with Gasteiger partial charge >= 0.3 is 0 Å². The maximum atomic E-state index is 4.39. The van der Waals surface area contributed by atoms with E-state index in [2.05, 4.69) is 46.0 Å². The average molecular weight is 272 g/mol. The highest BCUT2D eigenvalue weighted by atomic mass is 15.0. The van der Waals surface area contributed by atoms with E-state index >= 15 is 0 Å². The molecule has 0 aliphatic rings. The fourth-order valence-corrected chi connectivity index (χ4v) is 2.45. The lowest BCUT2D eigenvalue weighted by molar-refractivity contribution is 0.456. The fraction of sp³-hybridized carbons (Fsp3) is 0.500. The predicted octanol–water partition coefficient (Wildman–Crippen LogP) is 2.36. The van der Waals surface area contributed by atoms with Crippen LogP contribution in [-0.2, 0) is 19.9 Å². The molecule has 1 N–H and O–H groups in total. The van der Waals surface area contributed by atoms with Crippen molar-refractivity contribution >= 4 is 0 Å². The molecule has 0 bridgehead atoms. The topological polar surface area (TPSA) is 42.7 Å². The molecule has 2 heterocycles. The van der Waals surface area contributed by atoms with Gasteiger partial charge in [0.2, 0.25) is 0 Å². The summed E-state index contributed by atoms with van der Waals surface area (Å²) >= 11 is 0. The molecule has 0 saturated heterocycles. The summed E-state index contributed by atoms with van der Waals surface area (Å²) in [6, 6.07) is 6.64. The van der Waals surface area contributed by atoms with Crippen molar-refractivity contribution in [2.45, 2.75) is 38.6 Å². The number of hydrogen-bond donors (Lipinski definition) is 1. The van der Waals surface area contributed by atoms with Crippen LogP contribution in [0.2, 0.25) is 0 Å². The molecule has 20 heavy (non-hydrogen) atoms. The van der Waals surface area contributed by atoms with E-state index in [0.29, 0.717) is 6.04 Å². The van der Waals surface area contributed by atoms with Crippen molar-refractivity contribution in [2.24, 2.45) is 7.05 Å². The average Bonchev–Trinajstić information content (AvgIpc) is 2.88. The van der Waals surface area contributed by atoms with Crippen molar-refractivity contribution in [2.75, 3.05) is 6.54 Å². The summed E-state index contributed by atoms with van der Waals surface area (Å²) in [5.74, 6) is 1.16. The van der Waals surface area contributed by atoms with Gasteiger partial charge in [0.15, 0.2) is 0 Å². The highest BCUT2D eigenvalue weighted by molar-refractivity contribution is 5.04. The number of rotatable bonds is 8. The van der Waals surface area contributed by atoms with Crippen molar-refractivity contribution in [3.05, 3.63) is 48.3 Å². The van der Waals surface area contributed by atoms with Crippen molar-refractivity contribution in [1.29, 1.82) is 0 Å².